The van der Waals surface area contributed by atoms with Crippen molar-refractivity contribution in [3.63, 3.8) is 0 Å². The second-order valence-corrected chi connectivity index (χ2v) is 10.5. The van der Waals surface area contributed by atoms with Gasteiger partial charge in [-0.25, -0.2) is 0 Å². The van der Waals surface area contributed by atoms with Crippen molar-refractivity contribution in [2.75, 3.05) is 45.9 Å². The number of morpholine rings is 1. The Hall–Kier alpha value is -2.35. The number of halogens is 3. The van der Waals surface area contributed by atoms with Crippen LogP contribution in [0.5, 0.6) is 0 Å². The van der Waals surface area contributed by atoms with Gasteiger partial charge in [0.05, 0.1) is 23.3 Å². The molecule has 1 atom stereocenters. The number of nitrogens with zero attached hydrogens (tertiary/aromatic N) is 3. The van der Waals surface area contributed by atoms with Crippen molar-refractivity contribution in [1.29, 1.82) is 0 Å². The van der Waals surface area contributed by atoms with E-state index in [0.29, 0.717) is 62.3 Å². The van der Waals surface area contributed by atoms with Crippen molar-refractivity contribution in [2.24, 2.45) is 0 Å². The lowest BCUT2D eigenvalue weighted by Gasteiger charge is -2.34. The maximum absolute atomic E-state index is 14.1. The number of rotatable bonds is 7. The fourth-order valence-corrected chi connectivity index (χ4v) is 5.56. The highest BCUT2D eigenvalue weighted by atomic mass is 35.5. The second kappa shape index (κ2) is 13.1. The zero-order valence-corrected chi connectivity index (χ0v) is 23.5. The molecule has 6 nitrogen and oxygen atoms in total. The topological polar surface area (TPSA) is 53.1 Å². The monoisotopic (exact) mass is 575 g/mol. The molecule has 9 heteroatoms. The summed E-state index contributed by atoms with van der Waals surface area (Å²) in [6.45, 7) is 5.12. The van der Waals surface area contributed by atoms with Gasteiger partial charge in [0, 0.05) is 52.1 Å². The van der Waals surface area contributed by atoms with Gasteiger partial charge in [-0.2, -0.15) is 0 Å². The predicted molar refractivity (Wildman–Crippen MR) is 154 cm³/mol. The van der Waals surface area contributed by atoms with Crippen LogP contribution in [-0.4, -0.2) is 78.5 Å². The molecule has 5 rings (SSSR count). The van der Waals surface area contributed by atoms with E-state index in [9.17, 15) is 9.59 Å². The van der Waals surface area contributed by atoms with Gasteiger partial charge in [-0.1, -0.05) is 71.7 Å². The minimum atomic E-state index is -0.608. The van der Waals surface area contributed by atoms with E-state index in [4.69, 9.17) is 27.9 Å². The van der Waals surface area contributed by atoms with E-state index in [2.05, 4.69) is 29.2 Å². The summed E-state index contributed by atoms with van der Waals surface area (Å²) in [4.78, 5) is 33.4. The molecule has 3 aromatic carbocycles. The zero-order valence-electron chi connectivity index (χ0n) is 21.2. The van der Waals surface area contributed by atoms with Crippen LogP contribution in [0.4, 0.5) is 0 Å². The van der Waals surface area contributed by atoms with E-state index < -0.39 is 6.04 Å². The Kier molecular flexibility index (Phi) is 9.91. The van der Waals surface area contributed by atoms with Gasteiger partial charge in [-0.05, 0) is 34.0 Å². The van der Waals surface area contributed by atoms with Gasteiger partial charge in [0.15, 0.2) is 0 Å². The first-order valence-corrected chi connectivity index (χ1v) is 13.5. The maximum atomic E-state index is 14.1. The molecule has 0 bridgehead atoms. The van der Waals surface area contributed by atoms with E-state index >= 15 is 0 Å². The Balaban J connectivity index is 0.00000336. The molecule has 2 heterocycles. The fraction of sp³-hybridized carbons (Fsp3) is 0.379. The first-order chi connectivity index (χ1) is 18.0. The minimum absolute atomic E-state index is 0. The molecule has 0 N–H and O–H groups in total. The average Bonchev–Trinajstić information content (AvgIpc) is 3.02. The van der Waals surface area contributed by atoms with Crippen LogP contribution < -0.4 is 0 Å². The van der Waals surface area contributed by atoms with E-state index in [0.717, 1.165) is 35.0 Å². The van der Waals surface area contributed by atoms with Crippen LogP contribution in [0.15, 0.2) is 60.7 Å². The highest BCUT2D eigenvalue weighted by Gasteiger charge is 2.36. The highest BCUT2D eigenvalue weighted by Crippen LogP contribution is 2.26. The number of benzene rings is 3. The van der Waals surface area contributed by atoms with Crippen LogP contribution in [-0.2, 0) is 27.3 Å². The number of ether oxygens (including phenoxy) is 1. The van der Waals surface area contributed by atoms with Crippen molar-refractivity contribution in [3.05, 3.63) is 81.8 Å². The number of fused-ring (bicyclic) bond motifs is 1. The lowest BCUT2D eigenvalue weighted by atomic mass is 10.0. The number of amides is 2. The third-order valence-electron chi connectivity index (χ3n) is 7.30. The first kappa shape index (κ1) is 28.7. The van der Waals surface area contributed by atoms with Gasteiger partial charge in [-0.15, -0.1) is 12.4 Å². The first-order valence-electron chi connectivity index (χ1n) is 12.8. The molecular weight excluding hydrogens is 545 g/mol. The standard InChI is InChI=1S/C29H31Cl2N3O3.ClH/c30-25-9-8-21(18-26(25)31)19-27-29(36)33(20-23-6-3-5-22-4-1-2-7-24(22)23)11-10-28(35)34(27)13-12-32-14-16-37-17-15-32;/h1-9,18,27H,10-17,19-20H2;1H/t27-;/m0./s1. The third kappa shape index (κ3) is 6.61. The summed E-state index contributed by atoms with van der Waals surface area (Å²) in [6.07, 6.45) is 0.689. The molecule has 2 aliphatic heterocycles. The lowest BCUT2D eigenvalue weighted by molar-refractivity contribution is -0.142. The fourth-order valence-electron chi connectivity index (χ4n) is 5.24. The van der Waals surface area contributed by atoms with Crippen LogP contribution in [0.1, 0.15) is 17.5 Å². The SMILES string of the molecule is Cl.O=C1[C@H](Cc2ccc(Cl)c(Cl)c2)N(CCN2CCOCC2)C(=O)CCN1Cc1cccc2ccccc12. The normalized spacial score (nSPS) is 18.9. The van der Waals surface area contributed by atoms with Gasteiger partial charge >= 0.3 is 0 Å². The quantitative estimate of drug-likeness (QED) is 0.394. The van der Waals surface area contributed by atoms with Gasteiger partial charge in [0.25, 0.3) is 0 Å². The van der Waals surface area contributed by atoms with Crippen molar-refractivity contribution < 1.29 is 14.3 Å². The minimum Gasteiger partial charge on any atom is -0.379 e. The van der Waals surface area contributed by atoms with Crippen molar-refractivity contribution in [1.82, 2.24) is 14.7 Å². The Morgan fingerprint density at radius 1 is 0.868 bits per heavy atom. The molecule has 2 amide bonds. The molecule has 0 radical (unpaired) electrons. The molecule has 0 aromatic heterocycles. The van der Waals surface area contributed by atoms with Crippen LogP contribution >= 0.6 is 35.6 Å². The number of carbonyl (C=O) groups excluding carboxylic acids is 2. The summed E-state index contributed by atoms with van der Waals surface area (Å²) in [6, 6.07) is 19.2. The number of hydrogen-bond donors (Lipinski definition) is 0. The molecule has 202 valence electrons. The molecule has 3 aromatic rings. The van der Waals surface area contributed by atoms with Crippen molar-refractivity contribution in [2.45, 2.75) is 25.4 Å². The largest absolute Gasteiger partial charge is 0.379 e. The summed E-state index contributed by atoms with van der Waals surface area (Å²) in [7, 11) is 0. The summed E-state index contributed by atoms with van der Waals surface area (Å²) in [5.41, 5.74) is 1.96. The van der Waals surface area contributed by atoms with E-state index in [1.54, 1.807) is 17.0 Å². The smallest absolute Gasteiger partial charge is 0.246 e. The second-order valence-electron chi connectivity index (χ2n) is 9.66. The number of carbonyl (C=O) groups is 2. The van der Waals surface area contributed by atoms with Crippen molar-refractivity contribution in [3.8, 4) is 0 Å². The van der Waals surface area contributed by atoms with Crippen LogP contribution in [0.2, 0.25) is 10.0 Å². The van der Waals surface area contributed by atoms with Gasteiger partial charge in [0.2, 0.25) is 11.8 Å². The van der Waals surface area contributed by atoms with E-state index in [1.165, 1.54) is 0 Å². The highest BCUT2D eigenvalue weighted by molar-refractivity contribution is 6.42. The predicted octanol–water partition coefficient (Wildman–Crippen LogP) is 5.07. The third-order valence-corrected chi connectivity index (χ3v) is 8.04. The van der Waals surface area contributed by atoms with Crippen LogP contribution in [0, 0.1) is 0 Å². The summed E-state index contributed by atoms with van der Waals surface area (Å²) in [5, 5.41) is 3.17. The van der Waals surface area contributed by atoms with Gasteiger partial charge in [-0.3, -0.25) is 14.5 Å². The molecule has 0 unspecified atom stereocenters. The molecular formula is C29H32Cl3N3O3. The van der Waals surface area contributed by atoms with Crippen LogP contribution in [0.3, 0.4) is 0 Å². The zero-order chi connectivity index (χ0) is 25.8. The Morgan fingerprint density at radius 2 is 1.63 bits per heavy atom. The lowest BCUT2D eigenvalue weighted by Crippen LogP contribution is -2.51. The maximum Gasteiger partial charge on any atom is 0.246 e. The number of hydrogen-bond acceptors (Lipinski definition) is 4. The van der Waals surface area contributed by atoms with E-state index in [1.807, 2.05) is 29.2 Å². The Morgan fingerprint density at radius 3 is 2.42 bits per heavy atom. The van der Waals surface area contributed by atoms with Gasteiger partial charge in [0.1, 0.15) is 6.04 Å². The average molecular weight is 577 g/mol. The molecule has 0 spiro atoms. The Labute approximate surface area is 239 Å². The molecule has 2 fully saturated rings. The molecule has 0 saturated carbocycles. The molecule has 2 saturated heterocycles. The summed E-state index contributed by atoms with van der Waals surface area (Å²) < 4.78 is 5.47. The summed E-state index contributed by atoms with van der Waals surface area (Å²) in [5.74, 6) is -0.0288. The van der Waals surface area contributed by atoms with Crippen molar-refractivity contribution >= 4 is 58.2 Å². The van der Waals surface area contributed by atoms with Gasteiger partial charge < -0.3 is 14.5 Å². The van der Waals surface area contributed by atoms with E-state index in [-0.39, 0.29) is 24.2 Å². The Bertz CT molecular complexity index is 1280. The molecule has 2 aliphatic rings. The summed E-state index contributed by atoms with van der Waals surface area (Å²) >= 11 is 12.4. The molecule has 38 heavy (non-hydrogen) atoms. The molecule has 0 aliphatic carbocycles. The van der Waals surface area contributed by atoms with Crippen LogP contribution in [0.25, 0.3) is 10.8 Å².